The molecule has 0 saturated carbocycles. The van der Waals surface area contributed by atoms with Gasteiger partial charge in [-0.05, 0) is 6.26 Å². The second-order valence-corrected chi connectivity index (χ2v) is 2.59. The van der Waals surface area contributed by atoms with Crippen LogP contribution in [0.2, 0.25) is 0 Å². The predicted molar refractivity (Wildman–Crippen MR) is 35.8 cm³/mol. The molecule has 0 aromatic carbocycles. The van der Waals surface area contributed by atoms with Gasteiger partial charge in [0.1, 0.15) is 0 Å². The van der Waals surface area contributed by atoms with Crippen molar-refractivity contribution in [1.82, 2.24) is 0 Å². The van der Waals surface area contributed by atoms with Crippen LogP contribution in [-0.4, -0.2) is 17.8 Å². The minimum absolute atomic E-state index is 1.07. The Kier molecular flexibility index (Phi) is 5.66. The van der Waals surface area contributed by atoms with E-state index in [1.807, 2.05) is 11.8 Å². The monoisotopic (exact) mass is 120 g/mol. The second-order valence-electron chi connectivity index (χ2n) is 0.864. The van der Waals surface area contributed by atoms with Crippen LogP contribution in [0.3, 0.4) is 0 Å². The first-order valence-electron chi connectivity index (χ1n) is 1.72. The molecule has 0 aliphatic rings. The van der Waals surface area contributed by atoms with Gasteiger partial charge in [-0.3, -0.25) is 0 Å². The summed E-state index contributed by atoms with van der Waals surface area (Å²) < 4.78 is 0. The molecule has 0 heterocycles. The Bertz CT molecular complexity index is 53.1. The summed E-state index contributed by atoms with van der Waals surface area (Å²) in [4.78, 5) is 0. The molecule has 0 atom stereocenters. The van der Waals surface area contributed by atoms with Gasteiger partial charge in [-0.2, -0.15) is 11.8 Å². The standard InChI is InChI=1S/C4H8S2/c1-5-3-4-6-2/h1H,3-4H2,2H3. The zero-order valence-corrected chi connectivity index (χ0v) is 5.44. The fourth-order valence-corrected chi connectivity index (χ4v) is 1.18. The SMILES string of the molecule is C#SCCSC. The van der Waals surface area contributed by atoms with Gasteiger partial charge in [0.25, 0.3) is 0 Å². The predicted octanol–water partition coefficient (Wildman–Crippen LogP) is 1.67. The summed E-state index contributed by atoms with van der Waals surface area (Å²) in [6.45, 7) is 0. The molecule has 0 rings (SSSR count). The first-order chi connectivity index (χ1) is 2.91. The molecule has 0 amide bonds. The zero-order chi connectivity index (χ0) is 4.83. The van der Waals surface area contributed by atoms with E-state index in [1.54, 1.807) is 0 Å². The molecular weight excluding hydrogens is 112 g/mol. The lowest BCUT2D eigenvalue weighted by molar-refractivity contribution is 1.57. The topological polar surface area (TPSA) is 0 Å². The third-order valence-corrected chi connectivity index (χ3v) is 1.72. The maximum absolute atomic E-state index is 5.12. The van der Waals surface area contributed by atoms with Crippen LogP contribution in [0.4, 0.5) is 0 Å². The van der Waals surface area contributed by atoms with Crippen molar-refractivity contribution in [2.45, 2.75) is 0 Å². The van der Waals surface area contributed by atoms with Crippen LogP contribution in [0, 0.1) is 5.69 Å². The summed E-state index contributed by atoms with van der Waals surface area (Å²) in [5.41, 5.74) is 5.12. The van der Waals surface area contributed by atoms with Gasteiger partial charge in [-0.15, -0.1) is 16.9 Å². The Morgan fingerprint density at radius 2 is 2.17 bits per heavy atom. The Labute approximate surface area is 46.9 Å². The number of hydrogen-bond acceptors (Lipinski definition) is 1. The minimum atomic E-state index is 1.07. The quantitative estimate of drug-likeness (QED) is 0.499. The normalized spacial score (nSPS) is 8.00. The van der Waals surface area contributed by atoms with E-state index in [0.717, 1.165) is 5.75 Å². The lowest BCUT2D eigenvalue weighted by Gasteiger charge is -1.80. The molecule has 0 aliphatic carbocycles. The van der Waals surface area contributed by atoms with Crippen LogP contribution in [-0.2, 0) is 0 Å². The summed E-state index contributed by atoms with van der Waals surface area (Å²) in [5.74, 6) is 2.24. The molecule has 0 N–H and O–H groups in total. The van der Waals surface area contributed by atoms with Crippen molar-refractivity contribution in [1.29, 1.82) is 0 Å². The molecule has 2 heteroatoms. The summed E-state index contributed by atoms with van der Waals surface area (Å²) in [6, 6.07) is 0. The van der Waals surface area contributed by atoms with Gasteiger partial charge in [0, 0.05) is 11.5 Å². The van der Waals surface area contributed by atoms with E-state index in [0.29, 0.717) is 0 Å². The lowest BCUT2D eigenvalue weighted by atomic mass is 11.0. The van der Waals surface area contributed by atoms with Gasteiger partial charge in [-0.25, -0.2) is 0 Å². The van der Waals surface area contributed by atoms with Crippen molar-refractivity contribution in [3.05, 3.63) is 0 Å². The van der Waals surface area contributed by atoms with Crippen molar-refractivity contribution < 1.29 is 0 Å². The van der Waals surface area contributed by atoms with Gasteiger partial charge in [0.15, 0.2) is 0 Å². The van der Waals surface area contributed by atoms with Crippen molar-refractivity contribution in [3.63, 3.8) is 0 Å². The van der Waals surface area contributed by atoms with E-state index in [1.165, 1.54) is 16.9 Å². The van der Waals surface area contributed by atoms with Gasteiger partial charge in [-0.1, -0.05) is 0 Å². The lowest BCUT2D eigenvalue weighted by Crippen LogP contribution is -1.73. The molecule has 0 fully saturated rings. The maximum Gasteiger partial charge on any atom is 0.0266 e. The molecule has 0 bridgehead atoms. The Morgan fingerprint density at radius 1 is 1.50 bits per heavy atom. The molecule has 0 aromatic rings. The average molecular weight is 120 g/mol. The highest BCUT2D eigenvalue weighted by Gasteiger charge is 1.71. The Morgan fingerprint density at radius 3 is 2.33 bits per heavy atom. The molecule has 6 heavy (non-hydrogen) atoms. The third-order valence-electron chi connectivity index (χ3n) is 0.405. The molecule has 0 aliphatic heterocycles. The van der Waals surface area contributed by atoms with Gasteiger partial charge in [0.2, 0.25) is 0 Å². The molecular formula is C4H8S2. The largest absolute Gasteiger partial charge is 0.164 e. The molecule has 0 radical (unpaired) electrons. The first kappa shape index (κ1) is 6.35. The van der Waals surface area contributed by atoms with E-state index in [2.05, 4.69) is 6.26 Å². The summed E-state index contributed by atoms with van der Waals surface area (Å²) in [6.07, 6.45) is 2.08. The molecule has 0 nitrogen and oxygen atoms in total. The summed E-state index contributed by atoms with van der Waals surface area (Å²) in [7, 11) is 0. The van der Waals surface area contributed by atoms with Crippen LogP contribution >= 0.6 is 22.9 Å². The van der Waals surface area contributed by atoms with Crippen molar-refractivity contribution in [3.8, 4) is 5.69 Å². The highest BCUT2D eigenvalue weighted by atomic mass is 32.2. The van der Waals surface area contributed by atoms with Gasteiger partial charge >= 0.3 is 0 Å². The highest BCUT2D eigenvalue weighted by molar-refractivity contribution is 7.99. The van der Waals surface area contributed by atoms with Crippen molar-refractivity contribution in [2.24, 2.45) is 0 Å². The fraction of sp³-hybridized carbons (Fsp3) is 0.750. The number of thioether (sulfide) groups is 1. The smallest absolute Gasteiger partial charge is 0.0266 e. The fourth-order valence-electron chi connectivity index (χ4n) is 0.131. The van der Waals surface area contributed by atoms with Crippen LogP contribution < -0.4 is 0 Å². The van der Waals surface area contributed by atoms with Crippen LogP contribution in [0.1, 0.15) is 0 Å². The van der Waals surface area contributed by atoms with Crippen LogP contribution in [0.5, 0.6) is 0 Å². The second kappa shape index (κ2) is 5.35. The highest BCUT2D eigenvalue weighted by Crippen LogP contribution is 1.91. The number of hydrogen-bond donors (Lipinski definition) is 0. The number of rotatable bonds is 2. The zero-order valence-electron chi connectivity index (χ0n) is 3.81. The summed E-state index contributed by atoms with van der Waals surface area (Å²) in [5, 5.41) is 0. The van der Waals surface area contributed by atoms with E-state index < -0.39 is 0 Å². The van der Waals surface area contributed by atoms with E-state index in [9.17, 15) is 0 Å². The van der Waals surface area contributed by atoms with E-state index in [4.69, 9.17) is 5.69 Å². The molecule has 0 saturated heterocycles. The minimum Gasteiger partial charge on any atom is -0.164 e. The Balaban J connectivity index is 2.54. The van der Waals surface area contributed by atoms with Gasteiger partial charge < -0.3 is 0 Å². The molecule has 0 unspecified atom stereocenters. The van der Waals surface area contributed by atoms with Crippen molar-refractivity contribution in [2.75, 3.05) is 17.8 Å². The average Bonchev–Trinajstić information content (AvgIpc) is 1.61. The maximum atomic E-state index is 5.12. The van der Waals surface area contributed by atoms with Gasteiger partial charge in [0.05, 0.1) is 0 Å². The molecule has 0 spiro atoms. The summed E-state index contributed by atoms with van der Waals surface area (Å²) >= 11 is 3.23. The molecule has 0 aromatic heterocycles. The van der Waals surface area contributed by atoms with E-state index in [-0.39, 0.29) is 0 Å². The first-order valence-corrected chi connectivity index (χ1v) is 4.16. The van der Waals surface area contributed by atoms with Crippen molar-refractivity contribution >= 4 is 22.9 Å². The Hall–Kier alpha value is 0.350. The van der Waals surface area contributed by atoms with E-state index >= 15 is 0 Å². The third kappa shape index (κ3) is 4.35. The van der Waals surface area contributed by atoms with Crippen LogP contribution in [0.15, 0.2) is 0 Å². The van der Waals surface area contributed by atoms with Crippen LogP contribution in [0.25, 0.3) is 0 Å². The molecule has 36 valence electrons.